The third-order valence-electron chi connectivity index (χ3n) is 2.21. The topological polar surface area (TPSA) is 122 Å². The van der Waals surface area contributed by atoms with Gasteiger partial charge < -0.3 is 15.1 Å². The van der Waals surface area contributed by atoms with Crippen molar-refractivity contribution in [2.24, 2.45) is 15.8 Å². The molecule has 1 rings (SSSR count). The number of hydrogen-bond acceptors (Lipinski definition) is 6. The Morgan fingerprint density at radius 1 is 1.50 bits per heavy atom. The van der Waals surface area contributed by atoms with E-state index >= 15 is 0 Å². The molecule has 0 radical (unpaired) electrons. The fourth-order valence-electron chi connectivity index (χ4n) is 1.29. The summed E-state index contributed by atoms with van der Waals surface area (Å²) in [6.45, 7) is 1.52. The molecule has 1 heterocycles. The van der Waals surface area contributed by atoms with E-state index < -0.39 is 4.92 Å². The van der Waals surface area contributed by atoms with Crippen LogP contribution in [0.3, 0.4) is 0 Å². The Bertz CT molecular complexity index is 504. The van der Waals surface area contributed by atoms with Crippen molar-refractivity contribution in [1.29, 1.82) is 0 Å². The van der Waals surface area contributed by atoms with Gasteiger partial charge in [-0.2, -0.15) is 5.10 Å². The first-order valence-corrected chi connectivity index (χ1v) is 5.97. The van der Waals surface area contributed by atoms with Crippen molar-refractivity contribution in [3.05, 3.63) is 28.0 Å². The van der Waals surface area contributed by atoms with Crippen LogP contribution >= 0.6 is 34.0 Å². The van der Waals surface area contributed by atoms with E-state index in [9.17, 15) is 10.1 Å². The van der Waals surface area contributed by atoms with E-state index in [0.717, 1.165) is 13.0 Å². The number of nitro groups is 1. The molecule has 0 fully saturated rings. The highest BCUT2D eigenvalue weighted by Gasteiger charge is 2.09. The zero-order chi connectivity index (χ0) is 15.0. The maximum absolute atomic E-state index is 10.4. The summed E-state index contributed by atoms with van der Waals surface area (Å²) >= 11 is 0. The van der Waals surface area contributed by atoms with Crippen LogP contribution < -0.4 is 11.2 Å². The second-order valence-corrected chi connectivity index (χ2v) is 4.23. The van der Waals surface area contributed by atoms with Crippen molar-refractivity contribution in [1.82, 2.24) is 10.3 Å². The molecule has 0 aliphatic carbocycles. The number of aliphatic imine (C=N–C) groups is 1. The summed E-state index contributed by atoms with van der Waals surface area (Å²) in [5.74, 6) is 0.0995. The van der Waals surface area contributed by atoms with Crippen molar-refractivity contribution in [2.45, 2.75) is 6.42 Å². The minimum Gasteiger partial charge on any atom is -0.400 e. The Morgan fingerprint density at radius 3 is 2.73 bits per heavy atom. The standard InChI is InChI=1S/C11H18N6O3.2BrH/c1-16(2)7-3-6-13-11(12)15-14-8-9-4-5-10(20-9)17(18)19;;/h4-5,8H,3,6-7H2,1-2H3,(H3,12,13,15);2*1H. The maximum Gasteiger partial charge on any atom is 0.433 e. The molecule has 0 atom stereocenters. The SMILES string of the molecule is Br.Br.CN(C)CCCN=C(N)NN=Cc1ccc([N+](=O)[O-])o1. The van der Waals surface area contributed by atoms with Crippen LogP contribution in [0.4, 0.5) is 5.88 Å². The molecule has 0 unspecified atom stereocenters. The number of guanidine groups is 1. The molecule has 11 heteroatoms. The number of hydrazone groups is 1. The molecular formula is C11H20Br2N6O3. The summed E-state index contributed by atoms with van der Waals surface area (Å²) in [5, 5.41) is 14.2. The van der Waals surface area contributed by atoms with Crippen LogP contribution in [0.15, 0.2) is 26.6 Å². The Balaban J connectivity index is 0. The molecule has 0 aliphatic heterocycles. The van der Waals surface area contributed by atoms with Gasteiger partial charge in [0.15, 0.2) is 5.76 Å². The first kappa shape index (κ1) is 22.8. The smallest absolute Gasteiger partial charge is 0.400 e. The van der Waals surface area contributed by atoms with E-state index in [1.165, 1.54) is 18.3 Å². The molecule has 0 saturated heterocycles. The molecule has 0 aliphatic rings. The van der Waals surface area contributed by atoms with Gasteiger partial charge in [-0.1, -0.05) is 0 Å². The highest BCUT2D eigenvalue weighted by molar-refractivity contribution is 8.93. The second-order valence-electron chi connectivity index (χ2n) is 4.23. The quantitative estimate of drug-likeness (QED) is 0.216. The van der Waals surface area contributed by atoms with Crippen LogP contribution in [-0.2, 0) is 0 Å². The van der Waals surface area contributed by atoms with Gasteiger partial charge >= 0.3 is 5.88 Å². The third kappa shape index (κ3) is 9.47. The number of furan rings is 1. The summed E-state index contributed by atoms with van der Waals surface area (Å²) in [5.41, 5.74) is 8.09. The lowest BCUT2D eigenvalue weighted by atomic mass is 10.4. The van der Waals surface area contributed by atoms with Crippen LogP contribution in [0.1, 0.15) is 12.2 Å². The molecule has 0 bridgehead atoms. The highest BCUT2D eigenvalue weighted by Crippen LogP contribution is 2.13. The second kappa shape index (κ2) is 12.1. The summed E-state index contributed by atoms with van der Waals surface area (Å²) < 4.78 is 4.88. The van der Waals surface area contributed by atoms with E-state index in [-0.39, 0.29) is 51.6 Å². The molecule has 1 aromatic rings. The molecule has 3 N–H and O–H groups in total. The largest absolute Gasteiger partial charge is 0.433 e. The third-order valence-corrected chi connectivity index (χ3v) is 2.21. The van der Waals surface area contributed by atoms with Crippen molar-refractivity contribution in [3.8, 4) is 0 Å². The molecule has 0 spiro atoms. The lowest BCUT2D eigenvalue weighted by Crippen LogP contribution is -2.27. The Hall–Kier alpha value is -1.46. The average Bonchev–Trinajstić information content (AvgIpc) is 2.83. The molecule has 22 heavy (non-hydrogen) atoms. The Labute approximate surface area is 149 Å². The van der Waals surface area contributed by atoms with Crippen molar-refractivity contribution >= 4 is 52.0 Å². The van der Waals surface area contributed by atoms with Crippen LogP contribution in [0.25, 0.3) is 0 Å². The number of nitrogens with one attached hydrogen (secondary N) is 1. The number of nitrogens with zero attached hydrogens (tertiary/aromatic N) is 4. The van der Waals surface area contributed by atoms with Gasteiger partial charge in [-0.05, 0) is 33.1 Å². The molecule has 0 saturated carbocycles. The lowest BCUT2D eigenvalue weighted by molar-refractivity contribution is -0.402. The van der Waals surface area contributed by atoms with Crippen molar-refractivity contribution in [2.75, 3.05) is 27.2 Å². The van der Waals surface area contributed by atoms with Gasteiger partial charge in [-0.25, -0.2) is 5.43 Å². The first-order valence-electron chi connectivity index (χ1n) is 5.97. The van der Waals surface area contributed by atoms with Crippen LogP contribution in [0, 0.1) is 10.1 Å². The minimum absolute atomic E-state index is 0. The zero-order valence-electron chi connectivity index (χ0n) is 12.3. The predicted octanol–water partition coefficient (Wildman–Crippen LogP) is 1.53. The monoisotopic (exact) mass is 442 g/mol. The fraction of sp³-hybridized carbons (Fsp3) is 0.455. The summed E-state index contributed by atoms with van der Waals surface area (Å²) in [7, 11) is 3.97. The van der Waals surface area contributed by atoms with E-state index in [2.05, 4.69) is 20.4 Å². The van der Waals surface area contributed by atoms with Crippen LogP contribution in [0.2, 0.25) is 0 Å². The van der Waals surface area contributed by atoms with E-state index in [0.29, 0.717) is 6.54 Å². The summed E-state index contributed by atoms with van der Waals surface area (Å²) in [4.78, 5) is 15.9. The molecule has 1 aromatic heterocycles. The van der Waals surface area contributed by atoms with Crippen molar-refractivity contribution in [3.63, 3.8) is 0 Å². The van der Waals surface area contributed by atoms with E-state index in [4.69, 9.17) is 10.2 Å². The van der Waals surface area contributed by atoms with Gasteiger partial charge in [0.25, 0.3) is 0 Å². The van der Waals surface area contributed by atoms with Crippen LogP contribution in [-0.4, -0.2) is 49.2 Å². The van der Waals surface area contributed by atoms with Gasteiger partial charge in [0.1, 0.15) is 4.92 Å². The maximum atomic E-state index is 10.4. The number of hydrogen-bond donors (Lipinski definition) is 2. The minimum atomic E-state index is -0.620. The Morgan fingerprint density at radius 2 is 2.18 bits per heavy atom. The van der Waals surface area contributed by atoms with Crippen molar-refractivity contribution < 1.29 is 9.34 Å². The number of halogens is 2. The predicted molar refractivity (Wildman–Crippen MR) is 96.4 cm³/mol. The average molecular weight is 444 g/mol. The molecule has 0 aromatic carbocycles. The highest BCUT2D eigenvalue weighted by atomic mass is 79.9. The van der Waals surface area contributed by atoms with Crippen LogP contribution in [0.5, 0.6) is 0 Å². The zero-order valence-corrected chi connectivity index (χ0v) is 15.7. The first-order chi connectivity index (χ1) is 9.49. The van der Waals surface area contributed by atoms with Gasteiger partial charge in [0.2, 0.25) is 5.96 Å². The van der Waals surface area contributed by atoms with Gasteiger partial charge in [0, 0.05) is 6.54 Å². The van der Waals surface area contributed by atoms with E-state index in [1.807, 2.05) is 14.1 Å². The van der Waals surface area contributed by atoms with Gasteiger partial charge in [-0.15, -0.1) is 34.0 Å². The normalized spacial score (nSPS) is 11.1. The van der Waals surface area contributed by atoms with Gasteiger partial charge in [-0.3, -0.25) is 15.1 Å². The molecule has 0 amide bonds. The molecule has 126 valence electrons. The summed E-state index contributed by atoms with van der Waals surface area (Å²) in [6.07, 6.45) is 2.18. The molecule has 9 nitrogen and oxygen atoms in total. The Kier molecular flexibility index (Phi) is 12.6. The number of nitrogens with two attached hydrogens (primary N) is 1. The number of rotatable bonds is 7. The van der Waals surface area contributed by atoms with Gasteiger partial charge in [0.05, 0.1) is 12.3 Å². The fourth-order valence-corrected chi connectivity index (χ4v) is 1.29. The summed E-state index contributed by atoms with van der Waals surface area (Å²) in [6, 6.07) is 2.69. The lowest BCUT2D eigenvalue weighted by Gasteiger charge is -2.07. The van der Waals surface area contributed by atoms with E-state index in [1.54, 1.807) is 0 Å². The molecular weight excluding hydrogens is 424 g/mol.